The second kappa shape index (κ2) is 7.15. The van der Waals surface area contributed by atoms with E-state index in [1.165, 1.54) is 12.3 Å². The standard InChI is InChI=1S/C19H18N8O2/c1-10-14(5-4-6-20-10)24-19-22-9-13-16(26-27(3)17(13)25-19)23-15-7-12(18(28)29)8-21-11(15)2/h4-9H,1-3H3,(H,23,26)(H,28,29)(H,22,24,25). The summed E-state index contributed by atoms with van der Waals surface area (Å²) in [6.07, 6.45) is 4.70. The summed E-state index contributed by atoms with van der Waals surface area (Å²) < 4.78 is 1.63. The van der Waals surface area contributed by atoms with Crippen molar-refractivity contribution in [2.75, 3.05) is 10.6 Å². The molecule has 29 heavy (non-hydrogen) atoms. The molecule has 10 nitrogen and oxygen atoms in total. The van der Waals surface area contributed by atoms with Crippen LogP contribution in [0.5, 0.6) is 0 Å². The van der Waals surface area contributed by atoms with E-state index in [1.54, 1.807) is 31.0 Å². The van der Waals surface area contributed by atoms with Gasteiger partial charge in [0.25, 0.3) is 0 Å². The minimum atomic E-state index is -1.05. The summed E-state index contributed by atoms with van der Waals surface area (Å²) in [4.78, 5) is 28.5. The average Bonchev–Trinajstić information content (AvgIpc) is 3.00. The number of carboxylic acid groups (broad SMARTS) is 1. The van der Waals surface area contributed by atoms with E-state index < -0.39 is 5.97 Å². The number of aromatic nitrogens is 6. The third-order valence-electron chi connectivity index (χ3n) is 4.42. The monoisotopic (exact) mass is 390 g/mol. The number of rotatable bonds is 5. The van der Waals surface area contributed by atoms with Gasteiger partial charge in [0.2, 0.25) is 5.95 Å². The summed E-state index contributed by atoms with van der Waals surface area (Å²) in [5.74, 6) is -0.107. The van der Waals surface area contributed by atoms with Crippen molar-refractivity contribution in [2.45, 2.75) is 13.8 Å². The molecule has 4 aromatic rings. The summed E-state index contributed by atoms with van der Waals surface area (Å²) in [6, 6.07) is 5.26. The molecule has 0 spiro atoms. The van der Waals surface area contributed by atoms with E-state index in [2.05, 4.69) is 35.7 Å². The maximum absolute atomic E-state index is 11.2. The van der Waals surface area contributed by atoms with Gasteiger partial charge < -0.3 is 15.7 Å². The molecule has 4 heterocycles. The van der Waals surface area contributed by atoms with Crippen molar-refractivity contribution in [1.29, 1.82) is 0 Å². The number of hydrogen-bond acceptors (Lipinski definition) is 8. The van der Waals surface area contributed by atoms with Crippen molar-refractivity contribution in [3.63, 3.8) is 0 Å². The zero-order chi connectivity index (χ0) is 20.5. The minimum Gasteiger partial charge on any atom is -0.478 e. The number of anilines is 4. The summed E-state index contributed by atoms with van der Waals surface area (Å²) in [5.41, 5.74) is 3.57. The van der Waals surface area contributed by atoms with Crippen molar-refractivity contribution in [1.82, 2.24) is 29.7 Å². The Kier molecular flexibility index (Phi) is 4.51. The van der Waals surface area contributed by atoms with Gasteiger partial charge in [0.05, 0.1) is 33.7 Å². The number of pyridine rings is 2. The van der Waals surface area contributed by atoms with E-state index in [0.717, 1.165) is 11.4 Å². The van der Waals surface area contributed by atoms with E-state index in [9.17, 15) is 9.90 Å². The summed E-state index contributed by atoms with van der Waals surface area (Å²) in [7, 11) is 1.78. The van der Waals surface area contributed by atoms with Gasteiger partial charge in [-0.05, 0) is 32.0 Å². The molecule has 4 rings (SSSR count). The number of aromatic carboxylic acids is 1. The first kappa shape index (κ1) is 18.3. The summed E-state index contributed by atoms with van der Waals surface area (Å²) in [6.45, 7) is 3.68. The lowest BCUT2D eigenvalue weighted by Crippen LogP contribution is -2.02. The molecule has 0 aliphatic rings. The Balaban J connectivity index is 1.68. The van der Waals surface area contributed by atoms with E-state index in [0.29, 0.717) is 34.2 Å². The molecular formula is C19H18N8O2. The highest BCUT2D eigenvalue weighted by atomic mass is 16.4. The van der Waals surface area contributed by atoms with Crippen LogP contribution in [-0.2, 0) is 7.05 Å². The molecule has 4 aromatic heterocycles. The van der Waals surface area contributed by atoms with E-state index in [1.807, 2.05) is 19.1 Å². The number of aryl methyl sites for hydroxylation is 3. The quantitative estimate of drug-likeness (QED) is 0.470. The molecule has 0 atom stereocenters. The lowest BCUT2D eigenvalue weighted by atomic mass is 10.2. The van der Waals surface area contributed by atoms with Crippen LogP contribution in [0.3, 0.4) is 0 Å². The van der Waals surface area contributed by atoms with Crippen LogP contribution >= 0.6 is 0 Å². The smallest absolute Gasteiger partial charge is 0.337 e. The van der Waals surface area contributed by atoms with Gasteiger partial charge in [-0.25, -0.2) is 14.5 Å². The molecule has 0 saturated carbocycles. The molecule has 0 aliphatic carbocycles. The Hall–Kier alpha value is -4.08. The zero-order valence-electron chi connectivity index (χ0n) is 16.0. The zero-order valence-corrected chi connectivity index (χ0v) is 16.0. The SMILES string of the molecule is Cc1ncccc1Nc1ncc2c(Nc3cc(C(=O)O)cnc3C)nn(C)c2n1. The molecule has 146 valence electrons. The van der Waals surface area contributed by atoms with Crippen LogP contribution in [0.2, 0.25) is 0 Å². The largest absolute Gasteiger partial charge is 0.478 e. The first-order chi connectivity index (χ1) is 13.9. The summed E-state index contributed by atoms with van der Waals surface area (Å²) >= 11 is 0. The highest BCUT2D eigenvalue weighted by Gasteiger charge is 2.15. The number of hydrogen-bond donors (Lipinski definition) is 3. The Bertz CT molecular complexity index is 1230. The number of carboxylic acids is 1. The molecule has 0 fully saturated rings. The molecule has 0 bridgehead atoms. The second-order valence-electron chi connectivity index (χ2n) is 6.45. The number of nitrogens with zero attached hydrogens (tertiary/aromatic N) is 6. The fourth-order valence-corrected chi connectivity index (χ4v) is 2.83. The van der Waals surface area contributed by atoms with Crippen molar-refractivity contribution >= 4 is 40.1 Å². The molecule has 10 heteroatoms. The van der Waals surface area contributed by atoms with Crippen molar-refractivity contribution < 1.29 is 9.90 Å². The second-order valence-corrected chi connectivity index (χ2v) is 6.45. The van der Waals surface area contributed by atoms with Gasteiger partial charge in [0, 0.05) is 25.6 Å². The van der Waals surface area contributed by atoms with Gasteiger partial charge in [0.15, 0.2) is 11.5 Å². The minimum absolute atomic E-state index is 0.0907. The van der Waals surface area contributed by atoms with Gasteiger partial charge >= 0.3 is 5.97 Å². The number of nitrogens with one attached hydrogen (secondary N) is 2. The average molecular weight is 390 g/mol. The van der Waals surface area contributed by atoms with Crippen LogP contribution in [0.1, 0.15) is 21.7 Å². The molecule has 0 radical (unpaired) electrons. The van der Waals surface area contributed by atoms with Gasteiger partial charge in [-0.3, -0.25) is 9.97 Å². The first-order valence-corrected chi connectivity index (χ1v) is 8.77. The van der Waals surface area contributed by atoms with Crippen LogP contribution in [0.4, 0.5) is 23.1 Å². The Labute approximate surface area is 165 Å². The molecule has 3 N–H and O–H groups in total. The molecule has 0 amide bonds. The molecule has 0 saturated heterocycles. The van der Waals surface area contributed by atoms with Crippen molar-refractivity contribution in [3.05, 3.63) is 53.7 Å². The number of carbonyl (C=O) groups is 1. The van der Waals surface area contributed by atoms with E-state index >= 15 is 0 Å². The molecule has 0 aliphatic heterocycles. The fraction of sp³-hybridized carbons (Fsp3) is 0.158. The van der Waals surface area contributed by atoms with Gasteiger partial charge in [-0.15, -0.1) is 0 Å². The third kappa shape index (κ3) is 3.55. The van der Waals surface area contributed by atoms with Gasteiger partial charge in [-0.1, -0.05) is 0 Å². The fourth-order valence-electron chi connectivity index (χ4n) is 2.83. The van der Waals surface area contributed by atoms with Gasteiger partial charge in [0.1, 0.15) is 0 Å². The topological polar surface area (TPSA) is 131 Å². The number of fused-ring (bicyclic) bond motifs is 1. The van der Waals surface area contributed by atoms with Crippen LogP contribution in [0, 0.1) is 13.8 Å². The Morgan fingerprint density at radius 2 is 1.86 bits per heavy atom. The third-order valence-corrected chi connectivity index (χ3v) is 4.42. The molecule has 0 aromatic carbocycles. The maximum atomic E-state index is 11.2. The first-order valence-electron chi connectivity index (χ1n) is 8.77. The van der Waals surface area contributed by atoms with E-state index in [-0.39, 0.29) is 5.56 Å². The van der Waals surface area contributed by atoms with Crippen molar-refractivity contribution in [2.24, 2.45) is 7.05 Å². The Morgan fingerprint density at radius 1 is 1.07 bits per heavy atom. The van der Waals surface area contributed by atoms with E-state index in [4.69, 9.17) is 0 Å². The molecular weight excluding hydrogens is 372 g/mol. The van der Waals surface area contributed by atoms with Crippen molar-refractivity contribution in [3.8, 4) is 0 Å². The Morgan fingerprint density at radius 3 is 2.62 bits per heavy atom. The van der Waals surface area contributed by atoms with Crippen LogP contribution in [0.25, 0.3) is 11.0 Å². The highest BCUT2D eigenvalue weighted by molar-refractivity contribution is 5.92. The lowest BCUT2D eigenvalue weighted by Gasteiger charge is -2.08. The predicted molar refractivity (Wildman–Crippen MR) is 108 cm³/mol. The maximum Gasteiger partial charge on any atom is 0.337 e. The normalized spacial score (nSPS) is 10.9. The van der Waals surface area contributed by atoms with Crippen LogP contribution in [0.15, 0.2) is 36.8 Å². The van der Waals surface area contributed by atoms with Crippen LogP contribution in [-0.4, -0.2) is 40.8 Å². The predicted octanol–water partition coefficient (Wildman–Crippen LogP) is 2.96. The van der Waals surface area contributed by atoms with Gasteiger partial charge in [-0.2, -0.15) is 10.1 Å². The highest BCUT2D eigenvalue weighted by Crippen LogP contribution is 2.27. The molecule has 0 unspecified atom stereocenters. The van der Waals surface area contributed by atoms with Crippen LogP contribution < -0.4 is 10.6 Å². The lowest BCUT2D eigenvalue weighted by molar-refractivity contribution is 0.0696. The summed E-state index contributed by atoms with van der Waals surface area (Å²) in [5, 5.41) is 20.6.